The number of nitro groups is 1. The number of aliphatic hydroxyl groups is 1. The molecule has 0 bridgehead atoms. The van der Waals surface area contributed by atoms with E-state index in [1.807, 2.05) is 6.92 Å². The summed E-state index contributed by atoms with van der Waals surface area (Å²) in [5.41, 5.74) is -0.902. The predicted molar refractivity (Wildman–Crippen MR) is 92.1 cm³/mol. The summed E-state index contributed by atoms with van der Waals surface area (Å²) in [5.74, 6) is 0.159. The average molecular weight is 347 g/mol. The first-order chi connectivity index (χ1) is 11.8. The molecule has 25 heavy (non-hydrogen) atoms. The number of amides is 1. The number of nitro benzene ring substituents is 1. The summed E-state index contributed by atoms with van der Waals surface area (Å²) < 4.78 is 5.20. The number of carbonyl (C=O) groups is 1. The maximum atomic E-state index is 12.1. The number of hydrogen-bond acceptors (Lipinski definition) is 6. The standard InChI is InChI=1S/C17H21N3O5/c1-12(18-11-17(2,22)15-7-4-8-25-15)9-16(21)19-13-5-3-6-14(10-13)20(23)24/h3-8,10,12,18,22H,9,11H2,1-2H3,(H,19,21). The van der Waals surface area contributed by atoms with Crippen molar-refractivity contribution in [1.29, 1.82) is 0 Å². The summed E-state index contributed by atoms with van der Waals surface area (Å²) in [6, 6.07) is 8.93. The third-order valence-corrected chi connectivity index (χ3v) is 3.68. The number of nitrogens with zero attached hydrogens (tertiary/aromatic N) is 1. The molecule has 2 rings (SSSR count). The van der Waals surface area contributed by atoms with Crippen LogP contribution in [0.3, 0.4) is 0 Å². The number of furan rings is 1. The van der Waals surface area contributed by atoms with E-state index in [9.17, 15) is 20.0 Å². The monoisotopic (exact) mass is 347 g/mol. The minimum Gasteiger partial charge on any atom is -0.466 e. The van der Waals surface area contributed by atoms with Gasteiger partial charge in [-0.1, -0.05) is 6.07 Å². The van der Waals surface area contributed by atoms with Gasteiger partial charge in [-0.25, -0.2) is 0 Å². The number of anilines is 1. The quantitative estimate of drug-likeness (QED) is 0.498. The molecule has 134 valence electrons. The number of benzene rings is 1. The van der Waals surface area contributed by atoms with E-state index in [0.29, 0.717) is 11.4 Å². The molecule has 1 heterocycles. The number of carbonyl (C=O) groups excluding carboxylic acids is 1. The molecule has 1 aromatic carbocycles. The van der Waals surface area contributed by atoms with Crippen LogP contribution in [0, 0.1) is 10.1 Å². The van der Waals surface area contributed by atoms with Gasteiger partial charge >= 0.3 is 0 Å². The molecule has 1 aromatic heterocycles. The lowest BCUT2D eigenvalue weighted by Crippen LogP contribution is -2.40. The molecule has 0 aliphatic carbocycles. The van der Waals surface area contributed by atoms with E-state index in [2.05, 4.69) is 10.6 Å². The zero-order valence-electron chi connectivity index (χ0n) is 14.1. The number of hydrogen-bond donors (Lipinski definition) is 3. The van der Waals surface area contributed by atoms with E-state index in [1.54, 1.807) is 25.1 Å². The molecule has 0 fully saturated rings. The molecule has 2 unspecified atom stereocenters. The van der Waals surface area contributed by atoms with Gasteiger partial charge in [-0.05, 0) is 32.0 Å². The van der Waals surface area contributed by atoms with Gasteiger partial charge in [0, 0.05) is 36.8 Å². The van der Waals surface area contributed by atoms with Crippen molar-refractivity contribution in [2.24, 2.45) is 0 Å². The fourth-order valence-corrected chi connectivity index (χ4v) is 2.30. The third-order valence-electron chi connectivity index (χ3n) is 3.68. The first-order valence-corrected chi connectivity index (χ1v) is 7.82. The summed E-state index contributed by atoms with van der Waals surface area (Å²) in [6.07, 6.45) is 1.64. The van der Waals surface area contributed by atoms with Gasteiger partial charge in [0.15, 0.2) is 0 Å². The van der Waals surface area contributed by atoms with Crippen LogP contribution >= 0.6 is 0 Å². The lowest BCUT2D eigenvalue weighted by molar-refractivity contribution is -0.384. The highest BCUT2D eigenvalue weighted by Crippen LogP contribution is 2.20. The van der Waals surface area contributed by atoms with Crippen LogP contribution in [-0.2, 0) is 10.4 Å². The van der Waals surface area contributed by atoms with Crippen molar-refractivity contribution in [3.8, 4) is 0 Å². The summed E-state index contributed by atoms with van der Waals surface area (Å²) in [6.45, 7) is 3.64. The molecule has 2 atom stereocenters. The molecule has 0 aliphatic heterocycles. The highest BCUT2D eigenvalue weighted by atomic mass is 16.6. The molecule has 0 radical (unpaired) electrons. The first kappa shape index (κ1) is 18.6. The summed E-state index contributed by atoms with van der Waals surface area (Å²) in [5, 5.41) is 26.8. The van der Waals surface area contributed by atoms with Gasteiger partial charge in [-0.15, -0.1) is 0 Å². The molecule has 0 saturated heterocycles. The van der Waals surface area contributed by atoms with Crippen LogP contribution in [0.4, 0.5) is 11.4 Å². The average Bonchev–Trinajstić information content (AvgIpc) is 3.08. The Labute approximate surface area is 145 Å². The predicted octanol–water partition coefficient (Wildman–Crippen LogP) is 2.40. The molecule has 8 heteroatoms. The Morgan fingerprint density at radius 2 is 2.16 bits per heavy atom. The number of rotatable bonds is 8. The maximum Gasteiger partial charge on any atom is 0.271 e. The Kier molecular flexibility index (Phi) is 5.89. The third kappa shape index (κ3) is 5.40. The van der Waals surface area contributed by atoms with E-state index < -0.39 is 10.5 Å². The largest absolute Gasteiger partial charge is 0.466 e. The smallest absolute Gasteiger partial charge is 0.271 e. The van der Waals surface area contributed by atoms with Crippen LogP contribution < -0.4 is 10.6 Å². The SMILES string of the molecule is CC(CC(=O)Nc1cccc([N+](=O)[O-])c1)NCC(C)(O)c1ccco1. The number of non-ortho nitro benzene ring substituents is 1. The Bertz CT molecular complexity index is 728. The van der Waals surface area contributed by atoms with E-state index in [1.165, 1.54) is 24.5 Å². The second kappa shape index (κ2) is 7.91. The molecule has 1 amide bonds. The van der Waals surface area contributed by atoms with Gasteiger partial charge in [0.25, 0.3) is 5.69 Å². The van der Waals surface area contributed by atoms with Gasteiger partial charge in [-0.2, -0.15) is 0 Å². The van der Waals surface area contributed by atoms with E-state index >= 15 is 0 Å². The highest BCUT2D eigenvalue weighted by molar-refractivity contribution is 5.91. The molecule has 0 spiro atoms. The van der Waals surface area contributed by atoms with E-state index in [-0.39, 0.29) is 30.6 Å². The Balaban J connectivity index is 1.84. The van der Waals surface area contributed by atoms with Gasteiger partial charge in [0.1, 0.15) is 11.4 Å². The maximum absolute atomic E-state index is 12.1. The van der Waals surface area contributed by atoms with Crippen molar-refractivity contribution in [2.45, 2.75) is 31.9 Å². The van der Waals surface area contributed by atoms with Gasteiger partial charge < -0.3 is 20.2 Å². The van der Waals surface area contributed by atoms with Gasteiger partial charge in [0.2, 0.25) is 5.91 Å². The topological polar surface area (TPSA) is 118 Å². The molecular weight excluding hydrogens is 326 g/mol. The molecule has 2 aromatic rings. The molecule has 3 N–H and O–H groups in total. The molecule has 0 aliphatic rings. The Morgan fingerprint density at radius 3 is 2.80 bits per heavy atom. The van der Waals surface area contributed by atoms with Crippen molar-refractivity contribution in [3.05, 3.63) is 58.5 Å². The normalized spacial score (nSPS) is 14.5. The zero-order chi connectivity index (χ0) is 18.4. The summed E-state index contributed by atoms with van der Waals surface area (Å²) in [4.78, 5) is 22.3. The van der Waals surface area contributed by atoms with Crippen molar-refractivity contribution >= 4 is 17.3 Å². The van der Waals surface area contributed by atoms with Crippen LogP contribution in [-0.4, -0.2) is 28.5 Å². The van der Waals surface area contributed by atoms with Crippen LogP contribution in [0.1, 0.15) is 26.0 Å². The lowest BCUT2D eigenvalue weighted by Gasteiger charge is -2.24. The fraction of sp³-hybridized carbons (Fsp3) is 0.353. The van der Waals surface area contributed by atoms with Crippen LogP contribution in [0.15, 0.2) is 47.1 Å². The van der Waals surface area contributed by atoms with Crippen molar-refractivity contribution in [1.82, 2.24) is 5.32 Å². The van der Waals surface area contributed by atoms with E-state index in [0.717, 1.165) is 0 Å². The van der Waals surface area contributed by atoms with Gasteiger partial charge in [-0.3, -0.25) is 14.9 Å². The van der Waals surface area contributed by atoms with Gasteiger partial charge in [0.05, 0.1) is 11.2 Å². The molecule has 0 saturated carbocycles. The van der Waals surface area contributed by atoms with Crippen LogP contribution in [0.5, 0.6) is 0 Å². The summed E-state index contributed by atoms with van der Waals surface area (Å²) in [7, 11) is 0. The highest BCUT2D eigenvalue weighted by Gasteiger charge is 2.26. The minimum absolute atomic E-state index is 0.0848. The summed E-state index contributed by atoms with van der Waals surface area (Å²) >= 11 is 0. The zero-order valence-corrected chi connectivity index (χ0v) is 14.1. The Morgan fingerprint density at radius 1 is 1.40 bits per heavy atom. The van der Waals surface area contributed by atoms with Crippen LogP contribution in [0.2, 0.25) is 0 Å². The minimum atomic E-state index is -1.19. The van der Waals surface area contributed by atoms with Crippen molar-refractivity contribution in [3.63, 3.8) is 0 Å². The van der Waals surface area contributed by atoms with E-state index in [4.69, 9.17) is 4.42 Å². The molecule has 8 nitrogen and oxygen atoms in total. The molecular formula is C17H21N3O5. The second-order valence-corrected chi connectivity index (χ2v) is 6.09. The van der Waals surface area contributed by atoms with Crippen LogP contribution in [0.25, 0.3) is 0 Å². The first-order valence-electron chi connectivity index (χ1n) is 7.82. The van der Waals surface area contributed by atoms with Crippen molar-refractivity contribution in [2.75, 3.05) is 11.9 Å². The van der Waals surface area contributed by atoms with Crippen molar-refractivity contribution < 1.29 is 19.2 Å². The Hall–Kier alpha value is -2.71. The lowest BCUT2D eigenvalue weighted by atomic mass is 10.0. The fourth-order valence-electron chi connectivity index (χ4n) is 2.30. The second-order valence-electron chi connectivity index (χ2n) is 6.09. The number of nitrogens with one attached hydrogen (secondary N) is 2.